The fraction of sp³-hybridized carbons (Fsp3) is 0.533. The van der Waals surface area contributed by atoms with E-state index in [2.05, 4.69) is 10.2 Å². The molecule has 4 nitrogen and oxygen atoms in total. The van der Waals surface area contributed by atoms with Crippen LogP contribution in [0.15, 0.2) is 24.3 Å². The molecule has 0 unspecified atom stereocenters. The van der Waals surface area contributed by atoms with E-state index in [1.165, 1.54) is 12.8 Å². The smallest absolute Gasteiger partial charge is 0.221 e. The number of benzene rings is 1. The quantitative estimate of drug-likeness (QED) is 0.812. The van der Waals surface area contributed by atoms with E-state index in [-0.39, 0.29) is 12.5 Å². The van der Waals surface area contributed by atoms with Crippen molar-refractivity contribution in [3.05, 3.63) is 35.4 Å². The summed E-state index contributed by atoms with van der Waals surface area (Å²) >= 11 is 0. The molecule has 0 aromatic heterocycles. The molecule has 1 aromatic rings. The molecule has 1 amide bonds. The van der Waals surface area contributed by atoms with Gasteiger partial charge >= 0.3 is 0 Å². The molecule has 1 heterocycles. The van der Waals surface area contributed by atoms with Crippen LogP contribution in [-0.4, -0.2) is 35.5 Å². The number of carbonyl (C=O) groups is 1. The largest absolute Gasteiger partial charge is 0.392 e. The maximum Gasteiger partial charge on any atom is 0.221 e. The number of aliphatic hydroxyl groups excluding tert-OH is 1. The molecule has 0 atom stereocenters. The molecule has 1 fully saturated rings. The van der Waals surface area contributed by atoms with Crippen molar-refractivity contribution in [2.45, 2.75) is 32.4 Å². The number of nitrogens with one attached hydrogen (secondary N) is 1. The molecule has 1 aliphatic heterocycles. The first kappa shape index (κ1) is 14.0. The summed E-state index contributed by atoms with van der Waals surface area (Å²) in [5, 5.41) is 12.0. The molecule has 0 saturated carbocycles. The molecular formula is C15H22N2O2. The third-order valence-corrected chi connectivity index (χ3v) is 3.52. The van der Waals surface area contributed by atoms with Crippen LogP contribution >= 0.6 is 0 Å². The van der Waals surface area contributed by atoms with E-state index in [1.807, 2.05) is 24.3 Å². The lowest BCUT2D eigenvalue weighted by molar-refractivity contribution is -0.121. The maximum absolute atomic E-state index is 11.7. The summed E-state index contributed by atoms with van der Waals surface area (Å²) in [7, 11) is 0. The fourth-order valence-corrected chi connectivity index (χ4v) is 2.39. The van der Waals surface area contributed by atoms with Crippen LogP contribution in [-0.2, 0) is 17.9 Å². The van der Waals surface area contributed by atoms with Crippen LogP contribution in [0.5, 0.6) is 0 Å². The molecule has 0 spiro atoms. The minimum absolute atomic E-state index is 0.0384. The third kappa shape index (κ3) is 4.65. The summed E-state index contributed by atoms with van der Waals surface area (Å²) in [5.41, 5.74) is 1.91. The first-order chi connectivity index (χ1) is 9.28. The van der Waals surface area contributed by atoms with Crippen molar-refractivity contribution in [2.75, 3.05) is 19.6 Å². The van der Waals surface area contributed by atoms with Gasteiger partial charge in [-0.2, -0.15) is 0 Å². The van der Waals surface area contributed by atoms with Gasteiger partial charge in [-0.3, -0.25) is 4.79 Å². The average molecular weight is 262 g/mol. The van der Waals surface area contributed by atoms with Gasteiger partial charge in [-0.15, -0.1) is 0 Å². The lowest BCUT2D eigenvalue weighted by Crippen LogP contribution is -2.29. The first-order valence-corrected chi connectivity index (χ1v) is 6.95. The number of rotatable bonds is 6. The summed E-state index contributed by atoms with van der Waals surface area (Å²) in [6, 6.07) is 7.65. The molecule has 104 valence electrons. The van der Waals surface area contributed by atoms with Gasteiger partial charge in [-0.1, -0.05) is 24.3 Å². The number of hydrogen-bond donors (Lipinski definition) is 2. The van der Waals surface area contributed by atoms with Crippen LogP contribution in [0.25, 0.3) is 0 Å². The van der Waals surface area contributed by atoms with E-state index in [0.717, 1.165) is 30.8 Å². The van der Waals surface area contributed by atoms with Gasteiger partial charge in [0.25, 0.3) is 0 Å². The van der Waals surface area contributed by atoms with Crippen molar-refractivity contribution in [3.63, 3.8) is 0 Å². The molecular weight excluding hydrogens is 240 g/mol. The summed E-state index contributed by atoms with van der Waals surface area (Å²) in [5.74, 6) is 0.0984. The van der Waals surface area contributed by atoms with Gasteiger partial charge in [0.15, 0.2) is 0 Å². The van der Waals surface area contributed by atoms with Crippen molar-refractivity contribution >= 4 is 5.91 Å². The SMILES string of the molecule is O=C(CCN1CCCC1)NCc1cccc(CO)c1. The molecule has 2 N–H and O–H groups in total. The Morgan fingerprint density at radius 2 is 2.00 bits per heavy atom. The van der Waals surface area contributed by atoms with Gasteiger partial charge in [0.1, 0.15) is 0 Å². The number of nitrogens with zero attached hydrogens (tertiary/aromatic N) is 1. The lowest BCUT2D eigenvalue weighted by Gasteiger charge is -2.14. The molecule has 1 aromatic carbocycles. The second-order valence-electron chi connectivity index (χ2n) is 5.05. The van der Waals surface area contributed by atoms with Crippen LogP contribution in [0.1, 0.15) is 30.4 Å². The molecule has 2 rings (SSSR count). The van der Waals surface area contributed by atoms with Crippen LogP contribution < -0.4 is 5.32 Å². The average Bonchev–Trinajstić information content (AvgIpc) is 2.96. The Hall–Kier alpha value is -1.39. The van der Waals surface area contributed by atoms with E-state index in [4.69, 9.17) is 5.11 Å². The first-order valence-electron chi connectivity index (χ1n) is 6.95. The zero-order valence-corrected chi connectivity index (χ0v) is 11.3. The van der Waals surface area contributed by atoms with E-state index in [9.17, 15) is 4.79 Å². The van der Waals surface area contributed by atoms with Gasteiger partial charge in [-0.25, -0.2) is 0 Å². The zero-order valence-electron chi connectivity index (χ0n) is 11.3. The second kappa shape index (κ2) is 7.26. The maximum atomic E-state index is 11.7. The number of likely N-dealkylation sites (tertiary alicyclic amines) is 1. The van der Waals surface area contributed by atoms with Gasteiger partial charge < -0.3 is 15.3 Å². The number of aliphatic hydroxyl groups is 1. The summed E-state index contributed by atoms with van der Waals surface area (Å²) in [4.78, 5) is 14.1. The van der Waals surface area contributed by atoms with Crippen molar-refractivity contribution in [2.24, 2.45) is 0 Å². The van der Waals surface area contributed by atoms with E-state index >= 15 is 0 Å². The predicted molar refractivity (Wildman–Crippen MR) is 74.5 cm³/mol. The highest BCUT2D eigenvalue weighted by molar-refractivity contribution is 5.76. The van der Waals surface area contributed by atoms with Crippen LogP contribution in [0.4, 0.5) is 0 Å². The molecule has 1 saturated heterocycles. The molecule has 1 aliphatic rings. The summed E-state index contributed by atoms with van der Waals surface area (Å²) < 4.78 is 0. The van der Waals surface area contributed by atoms with Crippen molar-refractivity contribution < 1.29 is 9.90 Å². The van der Waals surface area contributed by atoms with Crippen LogP contribution in [0, 0.1) is 0 Å². The molecule has 0 aliphatic carbocycles. The minimum Gasteiger partial charge on any atom is -0.392 e. The Bertz CT molecular complexity index is 414. The van der Waals surface area contributed by atoms with Crippen molar-refractivity contribution in [1.82, 2.24) is 10.2 Å². The molecule has 19 heavy (non-hydrogen) atoms. The van der Waals surface area contributed by atoms with Crippen molar-refractivity contribution in [3.8, 4) is 0 Å². The highest BCUT2D eigenvalue weighted by Gasteiger charge is 2.12. The second-order valence-corrected chi connectivity index (χ2v) is 5.05. The lowest BCUT2D eigenvalue weighted by atomic mass is 10.1. The Balaban J connectivity index is 1.70. The van der Waals surface area contributed by atoms with E-state index < -0.39 is 0 Å². The van der Waals surface area contributed by atoms with Crippen LogP contribution in [0.3, 0.4) is 0 Å². The van der Waals surface area contributed by atoms with Crippen LogP contribution in [0.2, 0.25) is 0 Å². The number of carbonyl (C=O) groups excluding carboxylic acids is 1. The number of hydrogen-bond acceptors (Lipinski definition) is 3. The number of amides is 1. The fourth-order valence-electron chi connectivity index (χ4n) is 2.39. The van der Waals surface area contributed by atoms with Gasteiger partial charge in [0, 0.05) is 19.5 Å². The van der Waals surface area contributed by atoms with Gasteiger partial charge in [-0.05, 0) is 37.1 Å². The Labute approximate surface area is 114 Å². The Morgan fingerprint density at radius 3 is 2.74 bits per heavy atom. The van der Waals surface area contributed by atoms with Crippen molar-refractivity contribution in [1.29, 1.82) is 0 Å². The molecule has 4 heteroatoms. The molecule has 0 bridgehead atoms. The van der Waals surface area contributed by atoms with E-state index in [0.29, 0.717) is 13.0 Å². The van der Waals surface area contributed by atoms with Gasteiger partial charge in [0.2, 0.25) is 5.91 Å². The van der Waals surface area contributed by atoms with E-state index in [1.54, 1.807) is 0 Å². The predicted octanol–water partition coefficient (Wildman–Crippen LogP) is 1.28. The normalized spacial score (nSPS) is 15.6. The Morgan fingerprint density at radius 1 is 1.26 bits per heavy atom. The highest BCUT2D eigenvalue weighted by Crippen LogP contribution is 2.08. The monoisotopic (exact) mass is 262 g/mol. The standard InChI is InChI=1S/C15H22N2O2/c18-12-14-5-3-4-13(10-14)11-16-15(19)6-9-17-7-1-2-8-17/h3-5,10,18H,1-2,6-9,11-12H2,(H,16,19). The zero-order chi connectivity index (χ0) is 13.5. The minimum atomic E-state index is 0.0384. The summed E-state index contributed by atoms with van der Waals surface area (Å²) in [6.07, 6.45) is 3.09. The topological polar surface area (TPSA) is 52.6 Å². The summed E-state index contributed by atoms with van der Waals surface area (Å²) in [6.45, 7) is 3.70. The highest BCUT2D eigenvalue weighted by atomic mass is 16.3. The van der Waals surface area contributed by atoms with Gasteiger partial charge in [0.05, 0.1) is 6.61 Å². The Kier molecular flexibility index (Phi) is 5.36. The third-order valence-electron chi connectivity index (χ3n) is 3.52. The molecule has 0 radical (unpaired) electrons.